The summed E-state index contributed by atoms with van der Waals surface area (Å²) in [5, 5.41) is 0. The van der Waals surface area contributed by atoms with Crippen molar-refractivity contribution < 1.29 is 14.2 Å². The fourth-order valence-electron chi connectivity index (χ4n) is 1.93. The Morgan fingerprint density at radius 1 is 1.21 bits per heavy atom. The zero-order chi connectivity index (χ0) is 10.4. The Morgan fingerprint density at radius 3 is 2.36 bits per heavy atom. The molecule has 84 valence electrons. The molecule has 0 N–H and O–H groups in total. The van der Waals surface area contributed by atoms with Gasteiger partial charge >= 0.3 is 0 Å². The van der Waals surface area contributed by atoms with E-state index in [1.54, 1.807) is 0 Å². The second-order valence-electron chi connectivity index (χ2n) is 3.66. The normalized spacial score (nSPS) is 26.4. The van der Waals surface area contributed by atoms with Crippen LogP contribution in [-0.2, 0) is 14.2 Å². The highest BCUT2D eigenvalue weighted by Crippen LogP contribution is 2.33. The summed E-state index contributed by atoms with van der Waals surface area (Å²) in [6.07, 6.45) is 3.16. The minimum absolute atomic E-state index is 0.635. The van der Waals surface area contributed by atoms with Crippen LogP contribution in [0, 0.1) is 5.92 Å². The number of hydrogen-bond acceptors (Lipinski definition) is 3. The molecule has 1 aliphatic heterocycles. The third kappa shape index (κ3) is 2.94. The highest BCUT2D eigenvalue weighted by molar-refractivity contribution is 4.71. The van der Waals surface area contributed by atoms with Crippen LogP contribution in [0.3, 0.4) is 0 Å². The fourth-order valence-corrected chi connectivity index (χ4v) is 1.93. The zero-order valence-corrected chi connectivity index (χ0v) is 9.54. The summed E-state index contributed by atoms with van der Waals surface area (Å²) < 4.78 is 16.8. The van der Waals surface area contributed by atoms with Gasteiger partial charge in [-0.3, -0.25) is 0 Å². The van der Waals surface area contributed by atoms with Crippen LogP contribution < -0.4 is 0 Å². The van der Waals surface area contributed by atoms with Crippen molar-refractivity contribution in [3.8, 4) is 0 Å². The Morgan fingerprint density at radius 2 is 1.86 bits per heavy atom. The molecule has 14 heavy (non-hydrogen) atoms. The van der Waals surface area contributed by atoms with Gasteiger partial charge in [-0.15, -0.1) is 0 Å². The average Bonchev–Trinajstić information content (AvgIpc) is 2.19. The van der Waals surface area contributed by atoms with E-state index >= 15 is 0 Å². The maximum atomic E-state index is 5.63. The molecule has 0 aromatic carbocycles. The van der Waals surface area contributed by atoms with Gasteiger partial charge in [-0.25, -0.2) is 0 Å². The molecule has 3 nitrogen and oxygen atoms in total. The standard InChI is InChI=1S/C11H22O3/c1-4-10-7-8-14-11(9-10,12-5-2)13-6-3/h10H,4-9H2,1-3H3. The van der Waals surface area contributed by atoms with Gasteiger partial charge in [-0.2, -0.15) is 0 Å². The van der Waals surface area contributed by atoms with Gasteiger partial charge in [0.1, 0.15) is 0 Å². The van der Waals surface area contributed by atoms with Gasteiger partial charge in [-0.1, -0.05) is 13.3 Å². The van der Waals surface area contributed by atoms with Crippen LogP contribution in [0.25, 0.3) is 0 Å². The molecule has 0 bridgehead atoms. The van der Waals surface area contributed by atoms with Crippen LogP contribution in [0.1, 0.15) is 40.0 Å². The molecule has 0 saturated carbocycles. The lowest BCUT2D eigenvalue weighted by Gasteiger charge is -2.39. The van der Waals surface area contributed by atoms with Crippen LogP contribution >= 0.6 is 0 Å². The van der Waals surface area contributed by atoms with Crippen molar-refractivity contribution in [2.45, 2.75) is 46.0 Å². The second-order valence-corrected chi connectivity index (χ2v) is 3.66. The molecule has 0 spiro atoms. The molecule has 0 amide bonds. The molecule has 0 radical (unpaired) electrons. The average molecular weight is 202 g/mol. The Labute approximate surface area is 86.7 Å². The van der Waals surface area contributed by atoms with Crippen LogP contribution in [0.15, 0.2) is 0 Å². The molecule has 1 heterocycles. The summed E-state index contributed by atoms with van der Waals surface area (Å²) in [6.45, 7) is 8.17. The van der Waals surface area contributed by atoms with Gasteiger partial charge in [-0.05, 0) is 26.2 Å². The Bertz CT molecular complexity index is 147. The molecule has 3 heteroatoms. The van der Waals surface area contributed by atoms with E-state index in [1.807, 2.05) is 13.8 Å². The maximum absolute atomic E-state index is 5.63. The molecular formula is C11H22O3. The Hall–Kier alpha value is -0.120. The monoisotopic (exact) mass is 202 g/mol. The van der Waals surface area contributed by atoms with E-state index in [0.29, 0.717) is 19.1 Å². The quantitative estimate of drug-likeness (QED) is 0.641. The van der Waals surface area contributed by atoms with Gasteiger partial charge in [0.05, 0.1) is 6.61 Å². The predicted molar refractivity (Wildman–Crippen MR) is 55.0 cm³/mol. The van der Waals surface area contributed by atoms with Crippen molar-refractivity contribution in [3.63, 3.8) is 0 Å². The van der Waals surface area contributed by atoms with E-state index in [0.717, 1.165) is 19.4 Å². The highest BCUT2D eigenvalue weighted by atomic mass is 16.9. The zero-order valence-electron chi connectivity index (χ0n) is 9.54. The van der Waals surface area contributed by atoms with E-state index < -0.39 is 5.97 Å². The van der Waals surface area contributed by atoms with E-state index in [9.17, 15) is 0 Å². The minimum atomic E-state index is -0.748. The maximum Gasteiger partial charge on any atom is 0.283 e. The highest BCUT2D eigenvalue weighted by Gasteiger charge is 2.38. The summed E-state index contributed by atoms with van der Waals surface area (Å²) >= 11 is 0. The van der Waals surface area contributed by atoms with E-state index in [4.69, 9.17) is 14.2 Å². The lowest BCUT2D eigenvalue weighted by Crippen LogP contribution is -2.44. The second kappa shape index (κ2) is 5.69. The van der Waals surface area contributed by atoms with Gasteiger partial charge in [0.25, 0.3) is 5.97 Å². The molecule has 0 aromatic heterocycles. The largest absolute Gasteiger partial charge is 0.328 e. The molecule has 1 atom stereocenters. The number of hydrogen-bond donors (Lipinski definition) is 0. The summed E-state index contributed by atoms with van der Waals surface area (Å²) in [7, 11) is 0. The molecule has 1 fully saturated rings. The summed E-state index contributed by atoms with van der Waals surface area (Å²) in [5.41, 5.74) is 0. The molecule has 1 saturated heterocycles. The van der Waals surface area contributed by atoms with E-state index in [2.05, 4.69) is 6.92 Å². The molecule has 1 unspecified atom stereocenters. The lowest BCUT2D eigenvalue weighted by molar-refractivity contribution is -0.396. The first-order chi connectivity index (χ1) is 6.76. The SMILES string of the molecule is CCOC1(OCC)CC(CC)CCO1. The summed E-state index contributed by atoms with van der Waals surface area (Å²) in [4.78, 5) is 0. The molecule has 0 aliphatic carbocycles. The van der Waals surface area contributed by atoms with Crippen molar-refractivity contribution in [1.29, 1.82) is 0 Å². The third-order valence-corrected chi connectivity index (χ3v) is 2.69. The lowest BCUT2D eigenvalue weighted by atomic mass is 9.95. The molecule has 0 aromatic rings. The third-order valence-electron chi connectivity index (χ3n) is 2.69. The van der Waals surface area contributed by atoms with E-state index in [1.165, 1.54) is 6.42 Å². The van der Waals surface area contributed by atoms with Crippen LogP contribution in [-0.4, -0.2) is 25.8 Å². The smallest absolute Gasteiger partial charge is 0.283 e. The topological polar surface area (TPSA) is 27.7 Å². The fraction of sp³-hybridized carbons (Fsp3) is 1.00. The van der Waals surface area contributed by atoms with Crippen molar-refractivity contribution in [2.24, 2.45) is 5.92 Å². The van der Waals surface area contributed by atoms with Crippen molar-refractivity contribution in [1.82, 2.24) is 0 Å². The Balaban J connectivity index is 2.55. The predicted octanol–water partition coefficient (Wildman–Crippen LogP) is 2.55. The number of ether oxygens (including phenoxy) is 3. The number of rotatable bonds is 5. The summed E-state index contributed by atoms with van der Waals surface area (Å²) in [6, 6.07) is 0. The van der Waals surface area contributed by atoms with Gasteiger partial charge < -0.3 is 14.2 Å². The van der Waals surface area contributed by atoms with E-state index in [-0.39, 0.29) is 0 Å². The first-order valence-electron chi connectivity index (χ1n) is 5.68. The van der Waals surface area contributed by atoms with Crippen LogP contribution in [0.4, 0.5) is 0 Å². The minimum Gasteiger partial charge on any atom is -0.328 e. The molecule has 1 aliphatic rings. The first-order valence-corrected chi connectivity index (χ1v) is 5.68. The van der Waals surface area contributed by atoms with Crippen molar-refractivity contribution >= 4 is 0 Å². The van der Waals surface area contributed by atoms with Crippen LogP contribution in [0.5, 0.6) is 0 Å². The van der Waals surface area contributed by atoms with Gasteiger partial charge in [0, 0.05) is 19.6 Å². The van der Waals surface area contributed by atoms with Gasteiger partial charge in [0.15, 0.2) is 0 Å². The van der Waals surface area contributed by atoms with Crippen molar-refractivity contribution in [2.75, 3.05) is 19.8 Å². The summed E-state index contributed by atoms with van der Waals surface area (Å²) in [5.74, 6) is -0.0792. The molecule has 1 rings (SSSR count). The molecular weight excluding hydrogens is 180 g/mol. The van der Waals surface area contributed by atoms with Crippen molar-refractivity contribution in [3.05, 3.63) is 0 Å². The van der Waals surface area contributed by atoms with Gasteiger partial charge in [0.2, 0.25) is 0 Å². The first kappa shape index (κ1) is 12.0. The Kier molecular flexibility index (Phi) is 4.85. The van der Waals surface area contributed by atoms with Crippen LogP contribution in [0.2, 0.25) is 0 Å².